The number of rotatable bonds is 6. The molecule has 0 aliphatic heterocycles. The molecular weight excluding hydrogens is 470 g/mol. The molecule has 34 heavy (non-hydrogen) atoms. The van der Waals surface area contributed by atoms with Gasteiger partial charge in [-0.15, -0.1) is 11.3 Å². The Hall–Kier alpha value is -3.17. The van der Waals surface area contributed by atoms with Crippen molar-refractivity contribution in [3.8, 4) is 0 Å². The number of nitrogens with one attached hydrogen (secondary N) is 2. The number of carbonyl (C=O) groups is 2. The van der Waals surface area contributed by atoms with Crippen molar-refractivity contribution in [2.45, 2.75) is 37.0 Å². The fraction of sp³-hybridized carbons (Fsp3) is 0.280. The molecule has 4 rings (SSSR count). The van der Waals surface area contributed by atoms with Crippen LogP contribution < -0.4 is 14.9 Å². The van der Waals surface area contributed by atoms with E-state index in [0.717, 1.165) is 42.5 Å². The molecule has 3 aromatic rings. The van der Waals surface area contributed by atoms with Crippen LogP contribution in [0.4, 0.5) is 10.7 Å². The highest BCUT2D eigenvalue weighted by molar-refractivity contribution is 7.92. The lowest BCUT2D eigenvalue weighted by Crippen LogP contribution is -2.26. The molecule has 0 spiro atoms. The first-order valence-electron chi connectivity index (χ1n) is 11.1. The van der Waals surface area contributed by atoms with Gasteiger partial charge in [0, 0.05) is 24.5 Å². The van der Waals surface area contributed by atoms with E-state index >= 15 is 0 Å². The molecule has 0 saturated heterocycles. The number of sulfonamides is 1. The SMILES string of the molecule is CNC(=O)c1c(NC(=O)c2ccc(S(=O)(=O)N(C)c3ccccc3)cc2)sc2c1CCCCC2. The molecule has 1 aliphatic rings. The van der Waals surface area contributed by atoms with Crippen molar-refractivity contribution in [1.82, 2.24) is 5.32 Å². The van der Waals surface area contributed by atoms with Gasteiger partial charge in [0.15, 0.2) is 0 Å². The maximum atomic E-state index is 13.0. The second kappa shape index (κ2) is 9.99. The molecule has 0 bridgehead atoms. The quantitative estimate of drug-likeness (QED) is 0.492. The van der Waals surface area contributed by atoms with Crippen molar-refractivity contribution < 1.29 is 18.0 Å². The number of aryl methyl sites for hydroxylation is 1. The lowest BCUT2D eigenvalue weighted by molar-refractivity contribution is 0.0963. The normalized spacial score (nSPS) is 13.5. The smallest absolute Gasteiger partial charge is 0.264 e. The van der Waals surface area contributed by atoms with E-state index in [9.17, 15) is 18.0 Å². The minimum Gasteiger partial charge on any atom is -0.355 e. The summed E-state index contributed by atoms with van der Waals surface area (Å²) in [6.07, 6.45) is 4.95. The van der Waals surface area contributed by atoms with Gasteiger partial charge in [-0.3, -0.25) is 13.9 Å². The average molecular weight is 498 g/mol. The predicted octanol–water partition coefficient (Wildman–Crippen LogP) is 4.45. The van der Waals surface area contributed by atoms with Crippen LogP contribution in [0.1, 0.15) is 50.4 Å². The van der Waals surface area contributed by atoms with Gasteiger partial charge in [-0.2, -0.15) is 0 Å². The van der Waals surface area contributed by atoms with Gasteiger partial charge in [0.05, 0.1) is 16.1 Å². The third kappa shape index (κ3) is 4.71. The molecular formula is C25H27N3O4S2. The number of benzene rings is 2. The summed E-state index contributed by atoms with van der Waals surface area (Å²) in [6.45, 7) is 0. The van der Waals surface area contributed by atoms with Crippen molar-refractivity contribution in [2.24, 2.45) is 0 Å². The van der Waals surface area contributed by atoms with Crippen LogP contribution in [0.5, 0.6) is 0 Å². The zero-order valence-electron chi connectivity index (χ0n) is 19.1. The van der Waals surface area contributed by atoms with Gasteiger partial charge in [-0.05, 0) is 67.6 Å². The summed E-state index contributed by atoms with van der Waals surface area (Å²) < 4.78 is 27.2. The predicted molar refractivity (Wildman–Crippen MR) is 135 cm³/mol. The number of fused-ring (bicyclic) bond motifs is 1. The minimum atomic E-state index is -3.77. The van der Waals surface area contributed by atoms with Crippen molar-refractivity contribution in [3.05, 3.63) is 76.2 Å². The first-order valence-corrected chi connectivity index (χ1v) is 13.4. The molecule has 1 aliphatic carbocycles. The molecule has 2 aromatic carbocycles. The highest BCUT2D eigenvalue weighted by Gasteiger charge is 2.26. The van der Waals surface area contributed by atoms with Crippen molar-refractivity contribution in [1.29, 1.82) is 0 Å². The maximum Gasteiger partial charge on any atom is 0.264 e. The number of amides is 2. The summed E-state index contributed by atoms with van der Waals surface area (Å²) in [6, 6.07) is 14.6. The van der Waals surface area contributed by atoms with Crippen LogP contribution in [0, 0.1) is 0 Å². The Balaban J connectivity index is 1.57. The van der Waals surface area contributed by atoms with Crippen molar-refractivity contribution in [2.75, 3.05) is 23.7 Å². The fourth-order valence-corrected chi connectivity index (χ4v) is 6.56. The topological polar surface area (TPSA) is 95.6 Å². The van der Waals surface area contributed by atoms with Crippen molar-refractivity contribution >= 4 is 43.9 Å². The van der Waals surface area contributed by atoms with Crippen LogP contribution in [-0.4, -0.2) is 34.3 Å². The molecule has 9 heteroatoms. The molecule has 7 nitrogen and oxygen atoms in total. The van der Waals surface area contributed by atoms with Gasteiger partial charge in [-0.1, -0.05) is 24.6 Å². The molecule has 0 atom stereocenters. The Kier molecular flexibility index (Phi) is 7.04. The summed E-state index contributed by atoms with van der Waals surface area (Å²) in [7, 11) is -0.693. The lowest BCUT2D eigenvalue weighted by atomic mass is 10.0. The number of nitrogens with zero attached hydrogens (tertiary/aromatic N) is 1. The largest absolute Gasteiger partial charge is 0.355 e. The molecule has 2 N–H and O–H groups in total. The van der Waals surface area contributed by atoms with Gasteiger partial charge >= 0.3 is 0 Å². The number of para-hydroxylation sites is 1. The van der Waals surface area contributed by atoms with Crippen LogP contribution in [0.3, 0.4) is 0 Å². The van der Waals surface area contributed by atoms with E-state index < -0.39 is 10.0 Å². The van der Waals surface area contributed by atoms with E-state index in [-0.39, 0.29) is 16.7 Å². The van der Waals surface area contributed by atoms with Crippen molar-refractivity contribution in [3.63, 3.8) is 0 Å². The van der Waals surface area contributed by atoms with E-state index in [1.165, 1.54) is 47.0 Å². The van der Waals surface area contributed by atoms with Gasteiger partial charge in [0.1, 0.15) is 5.00 Å². The summed E-state index contributed by atoms with van der Waals surface area (Å²) in [5, 5.41) is 6.11. The molecule has 0 fully saturated rings. The lowest BCUT2D eigenvalue weighted by Gasteiger charge is -2.19. The number of anilines is 2. The zero-order chi connectivity index (χ0) is 24.3. The molecule has 0 saturated carbocycles. The average Bonchev–Trinajstić information content (AvgIpc) is 3.03. The number of hydrogen-bond donors (Lipinski definition) is 2. The Bertz CT molecular complexity index is 1300. The van der Waals surface area contributed by atoms with E-state index in [1.807, 2.05) is 6.07 Å². The van der Waals surface area contributed by atoms with E-state index in [4.69, 9.17) is 0 Å². The van der Waals surface area contributed by atoms with Gasteiger partial charge in [0.25, 0.3) is 21.8 Å². The molecule has 0 radical (unpaired) electrons. The number of carbonyl (C=O) groups excluding carboxylic acids is 2. The minimum absolute atomic E-state index is 0.0873. The monoisotopic (exact) mass is 497 g/mol. The van der Waals surface area contributed by atoms with Crippen LogP contribution >= 0.6 is 11.3 Å². The Morgan fingerprint density at radius 2 is 1.59 bits per heavy atom. The van der Waals surface area contributed by atoms with E-state index in [0.29, 0.717) is 21.8 Å². The van der Waals surface area contributed by atoms with E-state index in [1.54, 1.807) is 31.3 Å². The highest BCUT2D eigenvalue weighted by Crippen LogP contribution is 2.37. The summed E-state index contributed by atoms with van der Waals surface area (Å²) >= 11 is 1.46. The number of hydrogen-bond acceptors (Lipinski definition) is 5. The highest BCUT2D eigenvalue weighted by atomic mass is 32.2. The van der Waals surface area contributed by atoms with E-state index in [2.05, 4.69) is 10.6 Å². The molecule has 1 aromatic heterocycles. The first kappa shape index (κ1) is 24.0. The van der Waals surface area contributed by atoms with Gasteiger partial charge in [0.2, 0.25) is 0 Å². The molecule has 2 amide bonds. The standard InChI is InChI=1S/C25H27N3O4S2/c1-26-24(30)22-20-11-7-4-8-12-21(20)33-25(22)27-23(29)17-13-15-19(16-14-17)34(31,32)28(2)18-9-5-3-6-10-18/h3,5-6,9-10,13-16H,4,7-8,11-12H2,1-2H3,(H,26,30)(H,27,29). The zero-order valence-corrected chi connectivity index (χ0v) is 20.8. The summed E-state index contributed by atoms with van der Waals surface area (Å²) in [5.74, 6) is -0.595. The maximum absolute atomic E-state index is 13.0. The van der Waals surface area contributed by atoms with Gasteiger partial charge < -0.3 is 10.6 Å². The Labute approximate surface area is 203 Å². The van der Waals surface area contributed by atoms with Crippen LogP contribution in [0.2, 0.25) is 0 Å². The second-order valence-electron chi connectivity index (χ2n) is 8.13. The second-order valence-corrected chi connectivity index (χ2v) is 11.2. The third-order valence-electron chi connectivity index (χ3n) is 6.00. The van der Waals surface area contributed by atoms with Crippen LogP contribution in [-0.2, 0) is 22.9 Å². The summed E-state index contributed by atoms with van der Waals surface area (Å²) in [4.78, 5) is 26.8. The molecule has 1 heterocycles. The van der Waals surface area contributed by atoms with Gasteiger partial charge in [-0.25, -0.2) is 8.42 Å². The fourth-order valence-electron chi connectivity index (χ4n) is 4.08. The first-order chi connectivity index (χ1) is 16.3. The van der Waals surface area contributed by atoms with Crippen LogP contribution in [0.25, 0.3) is 0 Å². The number of thiophene rings is 1. The summed E-state index contributed by atoms with van der Waals surface area (Å²) in [5.41, 5.74) is 2.43. The van der Waals surface area contributed by atoms with Crippen LogP contribution in [0.15, 0.2) is 59.5 Å². The Morgan fingerprint density at radius 3 is 2.26 bits per heavy atom. The molecule has 0 unspecified atom stereocenters. The third-order valence-corrected chi connectivity index (χ3v) is 9.00. The Morgan fingerprint density at radius 1 is 0.912 bits per heavy atom. The molecule has 178 valence electrons.